The second kappa shape index (κ2) is 14.2. The van der Waals surface area contributed by atoms with Gasteiger partial charge in [0, 0.05) is 0 Å². The Balaban J connectivity index is 0.000000411. The third-order valence-electron chi connectivity index (χ3n) is 4.88. The normalized spacial score (nSPS) is 10.9. The van der Waals surface area contributed by atoms with E-state index >= 15 is 0 Å². The minimum Gasteiger partial charge on any atom is -0.317 e. The SMILES string of the molecule is CCCCCCCCCNCC.Fc1c(F)c(F)c(-c2c(F)c(F)c(F)c(F)c2F)c(F)c1F. The summed E-state index contributed by atoms with van der Waals surface area (Å²) in [6, 6.07) is 0. The van der Waals surface area contributed by atoms with Crippen LogP contribution in [0, 0.1) is 58.2 Å². The molecule has 0 unspecified atom stereocenters. The van der Waals surface area contributed by atoms with Gasteiger partial charge in [-0.1, -0.05) is 52.4 Å². The zero-order valence-electron chi connectivity index (χ0n) is 18.6. The topological polar surface area (TPSA) is 12.0 Å². The summed E-state index contributed by atoms with van der Waals surface area (Å²) in [6.07, 6.45) is 9.88. The number of nitrogens with one attached hydrogen (secondary N) is 1. The second-order valence-corrected chi connectivity index (χ2v) is 7.36. The predicted molar refractivity (Wildman–Crippen MR) is 108 cm³/mol. The zero-order chi connectivity index (χ0) is 26.0. The Kier molecular flexibility index (Phi) is 12.4. The Bertz CT molecular complexity index is 826. The predicted octanol–water partition coefficient (Wildman–Crippen LogP) is 8.09. The van der Waals surface area contributed by atoms with Crippen LogP contribution in [0.4, 0.5) is 43.9 Å². The fraction of sp³-hybridized carbons (Fsp3) is 0.478. The molecule has 0 aliphatic rings. The van der Waals surface area contributed by atoms with Gasteiger partial charge < -0.3 is 5.32 Å². The molecular weight excluding hydrogens is 480 g/mol. The van der Waals surface area contributed by atoms with Crippen LogP contribution in [0.5, 0.6) is 0 Å². The molecule has 0 saturated carbocycles. The smallest absolute Gasteiger partial charge is 0.200 e. The quantitative estimate of drug-likeness (QED) is 0.149. The largest absolute Gasteiger partial charge is 0.317 e. The molecule has 0 aromatic heterocycles. The first-order chi connectivity index (χ1) is 16.0. The van der Waals surface area contributed by atoms with Crippen LogP contribution in [-0.4, -0.2) is 13.1 Å². The molecule has 0 amide bonds. The summed E-state index contributed by atoms with van der Waals surface area (Å²) in [5.41, 5.74) is -4.52. The summed E-state index contributed by atoms with van der Waals surface area (Å²) in [5.74, 6) is -26.6. The summed E-state index contributed by atoms with van der Waals surface area (Å²) >= 11 is 0. The van der Waals surface area contributed by atoms with Gasteiger partial charge in [-0.05, 0) is 19.5 Å². The van der Waals surface area contributed by atoms with E-state index in [1.165, 1.54) is 51.5 Å². The number of rotatable bonds is 10. The Labute approximate surface area is 191 Å². The summed E-state index contributed by atoms with van der Waals surface area (Å²) in [6.45, 7) is 6.77. The minimum absolute atomic E-state index is 1.12. The molecule has 0 heterocycles. The molecule has 2 aromatic rings. The molecule has 0 radical (unpaired) electrons. The molecule has 34 heavy (non-hydrogen) atoms. The van der Waals surface area contributed by atoms with E-state index < -0.39 is 69.3 Å². The van der Waals surface area contributed by atoms with Crippen molar-refractivity contribution in [2.75, 3.05) is 13.1 Å². The Hall–Kier alpha value is -2.30. The van der Waals surface area contributed by atoms with Crippen LogP contribution in [0.1, 0.15) is 58.8 Å². The minimum atomic E-state index is -2.68. The van der Waals surface area contributed by atoms with Crippen LogP contribution in [0.3, 0.4) is 0 Å². The van der Waals surface area contributed by atoms with Crippen LogP contribution in [0.25, 0.3) is 11.1 Å². The van der Waals surface area contributed by atoms with Crippen molar-refractivity contribution in [3.8, 4) is 11.1 Å². The van der Waals surface area contributed by atoms with Gasteiger partial charge in [0.1, 0.15) is 0 Å². The highest BCUT2D eigenvalue weighted by molar-refractivity contribution is 5.67. The van der Waals surface area contributed by atoms with Crippen molar-refractivity contribution >= 4 is 0 Å². The number of hydrogen-bond donors (Lipinski definition) is 1. The highest BCUT2D eigenvalue weighted by Crippen LogP contribution is 2.37. The van der Waals surface area contributed by atoms with Gasteiger partial charge in [0.15, 0.2) is 46.5 Å². The van der Waals surface area contributed by atoms with E-state index in [2.05, 4.69) is 19.2 Å². The van der Waals surface area contributed by atoms with Crippen molar-refractivity contribution in [3.63, 3.8) is 0 Å². The lowest BCUT2D eigenvalue weighted by Crippen LogP contribution is -2.13. The third-order valence-corrected chi connectivity index (χ3v) is 4.88. The maximum atomic E-state index is 13.4. The van der Waals surface area contributed by atoms with Gasteiger partial charge in [-0.25, -0.2) is 43.9 Å². The Morgan fingerprint density at radius 3 is 1.03 bits per heavy atom. The van der Waals surface area contributed by atoms with Crippen molar-refractivity contribution in [1.82, 2.24) is 5.32 Å². The first-order valence-electron chi connectivity index (χ1n) is 10.8. The van der Waals surface area contributed by atoms with Gasteiger partial charge >= 0.3 is 0 Å². The van der Waals surface area contributed by atoms with Gasteiger partial charge in [0.25, 0.3) is 0 Å². The van der Waals surface area contributed by atoms with Crippen LogP contribution in [0.15, 0.2) is 0 Å². The second-order valence-electron chi connectivity index (χ2n) is 7.36. The monoisotopic (exact) mass is 505 g/mol. The van der Waals surface area contributed by atoms with Crippen LogP contribution < -0.4 is 5.32 Å². The van der Waals surface area contributed by atoms with Gasteiger partial charge in [-0.3, -0.25) is 0 Å². The number of benzene rings is 2. The van der Waals surface area contributed by atoms with Crippen LogP contribution in [0.2, 0.25) is 0 Å². The molecule has 0 fully saturated rings. The van der Waals surface area contributed by atoms with Crippen molar-refractivity contribution in [2.45, 2.75) is 58.8 Å². The lowest BCUT2D eigenvalue weighted by Gasteiger charge is -2.11. The fourth-order valence-corrected chi connectivity index (χ4v) is 3.03. The van der Waals surface area contributed by atoms with E-state index in [4.69, 9.17) is 0 Å². The van der Waals surface area contributed by atoms with Gasteiger partial charge in [-0.15, -0.1) is 0 Å². The first kappa shape index (κ1) is 29.7. The van der Waals surface area contributed by atoms with Crippen molar-refractivity contribution in [2.24, 2.45) is 0 Å². The van der Waals surface area contributed by atoms with E-state index in [1.807, 2.05) is 0 Å². The van der Waals surface area contributed by atoms with E-state index in [0.717, 1.165) is 6.54 Å². The van der Waals surface area contributed by atoms with E-state index in [9.17, 15) is 43.9 Å². The molecular formula is C23H25F10N. The third kappa shape index (κ3) is 7.10. The average Bonchev–Trinajstić information content (AvgIpc) is 2.83. The zero-order valence-corrected chi connectivity index (χ0v) is 18.6. The molecule has 1 N–H and O–H groups in total. The van der Waals surface area contributed by atoms with Crippen molar-refractivity contribution < 1.29 is 43.9 Å². The summed E-state index contributed by atoms with van der Waals surface area (Å²) < 4.78 is 131. The van der Waals surface area contributed by atoms with Gasteiger partial charge in [0.2, 0.25) is 11.6 Å². The number of halogens is 10. The lowest BCUT2D eigenvalue weighted by atomic mass is 10.0. The molecule has 2 rings (SSSR count). The molecule has 0 aliphatic heterocycles. The highest BCUT2D eigenvalue weighted by atomic mass is 19.2. The Morgan fingerprint density at radius 2 is 0.706 bits per heavy atom. The molecule has 0 spiro atoms. The molecule has 1 nitrogen and oxygen atoms in total. The summed E-state index contributed by atoms with van der Waals surface area (Å²) in [4.78, 5) is 0. The summed E-state index contributed by atoms with van der Waals surface area (Å²) in [5, 5.41) is 3.35. The van der Waals surface area contributed by atoms with E-state index in [-0.39, 0.29) is 0 Å². The van der Waals surface area contributed by atoms with Crippen molar-refractivity contribution in [1.29, 1.82) is 0 Å². The molecule has 11 heteroatoms. The van der Waals surface area contributed by atoms with Gasteiger partial charge in [0.05, 0.1) is 11.1 Å². The lowest BCUT2D eigenvalue weighted by molar-refractivity contribution is 0.370. The van der Waals surface area contributed by atoms with Gasteiger partial charge in [-0.2, -0.15) is 0 Å². The standard InChI is InChI=1S/C12F10.C11H25N/c13-3-1(4(14)8(18)11(21)7(3)17)2-5(15)9(19)12(22)10(20)6(2)16;1-3-5-6-7-8-9-10-11-12-4-2/h;12H,3-11H2,1-2H3. The number of hydrogen-bond acceptors (Lipinski definition) is 1. The maximum absolute atomic E-state index is 13.4. The highest BCUT2D eigenvalue weighted by Gasteiger charge is 2.34. The average molecular weight is 505 g/mol. The Morgan fingerprint density at radius 1 is 0.412 bits per heavy atom. The molecule has 0 saturated heterocycles. The van der Waals surface area contributed by atoms with Crippen LogP contribution in [-0.2, 0) is 0 Å². The molecule has 192 valence electrons. The van der Waals surface area contributed by atoms with E-state index in [0.29, 0.717) is 0 Å². The molecule has 0 bridgehead atoms. The maximum Gasteiger partial charge on any atom is 0.200 e. The fourth-order valence-electron chi connectivity index (χ4n) is 3.03. The molecule has 2 aromatic carbocycles. The molecule has 0 atom stereocenters. The van der Waals surface area contributed by atoms with Crippen molar-refractivity contribution in [3.05, 3.63) is 58.2 Å². The van der Waals surface area contributed by atoms with E-state index in [1.54, 1.807) is 0 Å². The molecule has 0 aliphatic carbocycles. The summed E-state index contributed by atoms with van der Waals surface area (Å²) in [7, 11) is 0. The van der Waals surface area contributed by atoms with Crippen LogP contribution >= 0.6 is 0 Å². The number of unbranched alkanes of at least 4 members (excludes halogenated alkanes) is 6. The first-order valence-corrected chi connectivity index (χ1v) is 10.8.